The van der Waals surface area contributed by atoms with Gasteiger partial charge in [0.05, 0.1) is 0 Å². The van der Waals surface area contributed by atoms with Gasteiger partial charge in [0.1, 0.15) is 0 Å². The molecule has 2 atom stereocenters. The molecule has 1 aromatic rings. The average Bonchev–Trinajstić information content (AvgIpc) is 2.28. The molecule has 0 aliphatic heterocycles. The van der Waals surface area contributed by atoms with Crippen molar-refractivity contribution in [2.45, 2.75) is 45.4 Å². The molecule has 0 aliphatic rings. The third kappa shape index (κ3) is 3.92. The van der Waals surface area contributed by atoms with Crippen LogP contribution in [0.5, 0.6) is 0 Å². The topological polar surface area (TPSA) is 29.1 Å². The Balaban J connectivity index is 2.90. The van der Waals surface area contributed by atoms with Crippen molar-refractivity contribution in [1.82, 2.24) is 5.32 Å². The Morgan fingerprint density at radius 3 is 2.28 bits per heavy atom. The van der Waals surface area contributed by atoms with Crippen LogP contribution in [-0.4, -0.2) is 21.8 Å². The molecule has 0 spiro atoms. The van der Waals surface area contributed by atoms with Crippen LogP contribution in [0.1, 0.15) is 43.5 Å². The Hall–Kier alpha value is -0.670. The van der Waals surface area contributed by atoms with E-state index in [0.29, 0.717) is 5.75 Å². The lowest BCUT2D eigenvalue weighted by atomic mass is 10.0. The molecule has 2 nitrogen and oxygen atoms in total. The van der Waals surface area contributed by atoms with E-state index in [-0.39, 0.29) is 10.8 Å². The van der Waals surface area contributed by atoms with Crippen molar-refractivity contribution >= 4 is 10.8 Å². The minimum Gasteiger partial charge on any atom is -0.312 e. The van der Waals surface area contributed by atoms with Crippen LogP contribution in [0.3, 0.4) is 0 Å². The van der Waals surface area contributed by atoms with Gasteiger partial charge in [-0.1, -0.05) is 18.2 Å². The molecule has 0 bridgehead atoms. The fourth-order valence-electron chi connectivity index (χ4n) is 1.73. The minimum absolute atomic E-state index is 0.157. The number of nitrogens with one attached hydrogen (secondary N) is 1. The molecule has 1 rings (SSSR count). The van der Waals surface area contributed by atoms with Gasteiger partial charge in [-0.05, 0) is 58.4 Å². The van der Waals surface area contributed by atoms with Gasteiger partial charge < -0.3 is 5.32 Å². The molecule has 18 heavy (non-hydrogen) atoms. The normalized spacial score (nSPS) is 15.4. The molecule has 102 valence electrons. The Bertz CT molecular complexity index is 435. The predicted molar refractivity (Wildman–Crippen MR) is 80.5 cm³/mol. The van der Waals surface area contributed by atoms with Gasteiger partial charge in [-0.2, -0.15) is 0 Å². The molecule has 0 aromatic heterocycles. The molecule has 3 heteroatoms. The zero-order valence-electron chi connectivity index (χ0n) is 12.3. The second-order valence-electron chi connectivity index (χ2n) is 5.81. The number of benzene rings is 1. The summed E-state index contributed by atoms with van der Waals surface area (Å²) in [5.74, 6) is 0.655. The summed E-state index contributed by atoms with van der Waals surface area (Å²) in [5.41, 5.74) is 3.80. The quantitative estimate of drug-likeness (QED) is 0.908. The van der Waals surface area contributed by atoms with Gasteiger partial charge in [0.25, 0.3) is 0 Å². The summed E-state index contributed by atoms with van der Waals surface area (Å²) in [5, 5.41) is 3.27. The summed E-state index contributed by atoms with van der Waals surface area (Å²) in [4.78, 5) is 0. The second kappa shape index (κ2) is 5.98. The van der Waals surface area contributed by atoms with E-state index in [9.17, 15) is 4.21 Å². The first-order valence-corrected chi connectivity index (χ1v) is 7.70. The predicted octanol–water partition coefficient (Wildman–Crippen LogP) is 3.11. The molecular formula is C15H25NOS. The second-order valence-corrected chi connectivity index (χ2v) is 8.06. The van der Waals surface area contributed by atoms with Gasteiger partial charge >= 0.3 is 0 Å². The van der Waals surface area contributed by atoms with Gasteiger partial charge in [-0.25, -0.2) is 0 Å². The Labute approximate surface area is 114 Å². The molecule has 1 aromatic carbocycles. The lowest BCUT2D eigenvalue weighted by Gasteiger charge is -2.23. The van der Waals surface area contributed by atoms with E-state index < -0.39 is 10.8 Å². The van der Waals surface area contributed by atoms with Crippen molar-refractivity contribution in [3.8, 4) is 0 Å². The minimum atomic E-state index is -0.842. The first kappa shape index (κ1) is 15.4. The third-order valence-corrected chi connectivity index (χ3v) is 5.28. The van der Waals surface area contributed by atoms with Crippen LogP contribution < -0.4 is 5.32 Å². The lowest BCUT2D eigenvalue weighted by Crippen LogP contribution is -2.31. The first-order valence-electron chi connectivity index (χ1n) is 6.38. The Kier molecular flexibility index (Phi) is 5.11. The van der Waals surface area contributed by atoms with Crippen LogP contribution in [0.25, 0.3) is 0 Å². The Morgan fingerprint density at radius 1 is 1.22 bits per heavy atom. The van der Waals surface area contributed by atoms with E-state index in [4.69, 9.17) is 0 Å². The standard InChI is InChI=1S/C15H25NOS/c1-11-7-8-13(9-12(11)2)14(16-6)10-18(17)15(3,4)5/h7-9,14,16H,10H2,1-6H3. The molecule has 0 saturated carbocycles. The van der Waals surface area contributed by atoms with Crippen molar-refractivity contribution in [3.05, 3.63) is 34.9 Å². The fourth-order valence-corrected chi connectivity index (χ4v) is 2.89. The highest BCUT2D eigenvalue weighted by atomic mass is 32.2. The van der Waals surface area contributed by atoms with Crippen LogP contribution >= 0.6 is 0 Å². The monoisotopic (exact) mass is 267 g/mol. The van der Waals surface area contributed by atoms with Gasteiger partial charge in [-0.3, -0.25) is 4.21 Å². The van der Waals surface area contributed by atoms with Crippen LogP contribution in [0.4, 0.5) is 0 Å². The van der Waals surface area contributed by atoms with Crippen molar-refractivity contribution in [2.75, 3.05) is 12.8 Å². The summed E-state index contributed by atoms with van der Waals surface area (Å²) in [6.45, 7) is 10.3. The summed E-state index contributed by atoms with van der Waals surface area (Å²) < 4.78 is 12.1. The van der Waals surface area contributed by atoms with Crippen LogP contribution in [0.15, 0.2) is 18.2 Å². The summed E-state index contributed by atoms with van der Waals surface area (Å²) in [7, 11) is 1.09. The highest BCUT2D eigenvalue weighted by molar-refractivity contribution is 7.86. The van der Waals surface area contributed by atoms with Crippen molar-refractivity contribution < 1.29 is 4.21 Å². The van der Waals surface area contributed by atoms with Crippen molar-refractivity contribution in [3.63, 3.8) is 0 Å². The number of aryl methyl sites for hydroxylation is 2. The smallest absolute Gasteiger partial charge is 0.0435 e. The van der Waals surface area contributed by atoms with Gasteiger partial charge in [-0.15, -0.1) is 0 Å². The third-order valence-electron chi connectivity index (χ3n) is 3.28. The maximum atomic E-state index is 12.2. The molecule has 0 fully saturated rings. The highest BCUT2D eigenvalue weighted by Crippen LogP contribution is 2.21. The van der Waals surface area contributed by atoms with Gasteiger partial charge in [0.2, 0.25) is 0 Å². The van der Waals surface area contributed by atoms with Gasteiger partial charge in [0.15, 0.2) is 0 Å². The zero-order chi connectivity index (χ0) is 13.9. The SMILES string of the molecule is CNC(CS(=O)C(C)(C)C)c1ccc(C)c(C)c1. The van der Waals surface area contributed by atoms with Crippen molar-refractivity contribution in [1.29, 1.82) is 0 Å². The van der Waals surface area contributed by atoms with E-state index in [0.717, 1.165) is 0 Å². The summed E-state index contributed by atoms with van der Waals surface area (Å²) in [6.07, 6.45) is 0. The van der Waals surface area contributed by atoms with Gasteiger partial charge in [0, 0.05) is 27.3 Å². The largest absolute Gasteiger partial charge is 0.312 e. The molecule has 0 saturated heterocycles. The van der Waals surface area contributed by atoms with E-state index in [1.807, 2.05) is 27.8 Å². The van der Waals surface area contributed by atoms with E-state index in [1.54, 1.807) is 0 Å². The molecule has 1 N–H and O–H groups in total. The fraction of sp³-hybridized carbons (Fsp3) is 0.600. The maximum absolute atomic E-state index is 12.2. The van der Waals surface area contributed by atoms with Crippen LogP contribution in [-0.2, 0) is 10.8 Å². The maximum Gasteiger partial charge on any atom is 0.0435 e. The van der Waals surface area contributed by atoms with Crippen molar-refractivity contribution in [2.24, 2.45) is 0 Å². The summed E-state index contributed by atoms with van der Waals surface area (Å²) in [6, 6.07) is 6.61. The van der Waals surface area contributed by atoms with Crippen LogP contribution in [0.2, 0.25) is 0 Å². The highest BCUT2D eigenvalue weighted by Gasteiger charge is 2.23. The molecule has 0 amide bonds. The Morgan fingerprint density at radius 2 is 1.83 bits per heavy atom. The average molecular weight is 267 g/mol. The first-order chi connectivity index (χ1) is 8.25. The molecular weight excluding hydrogens is 242 g/mol. The summed E-state index contributed by atoms with van der Waals surface area (Å²) >= 11 is 0. The molecule has 2 unspecified atom stereocenters. The zero-order valence-corrected chi connectivity index (χ0v) is 13.1. The van der Waals surface area contributed by atoms with Crippen LogP contribution in [0, 0.1) is 13.8 Å². The van der Waals surface area contributed by atoms with E-state index >= 15 is 0 Å². The van der Waals surface area contributed by atoms with E-state index in [2.05, 4.69) is 37.4 Å². The molecule has 0 radical (unpaired) electrons. The number of hydrogen-bond acceptors (Lipinski definition) is 2. The number of rotatable bonds is 4. The molecule has 0 aliphatic carbocycles. The van der Waals surface area contributed by atoms with E-state index in [1.165, 1.54) is 16.7 Å². The lowest BCUT2D eigenvalue weighted by molar-refractivity contribution is 0.613. The number of hydrogen-bond donors (Lipinski definition) is 1. The molecule has 0 heterocycles.